The molecule has 1 aliphatic heterocycles. The van der Waals surface area contributed by atoms with Crippen LogP contribution in [-0.4, -0.2) is 40.4 Å². The molecule has 0 bridgehead atoms. The SMILES string of the molecule is CCCCCC(C)NC(=NC)NCCCc1nnc2n1CCCCC2.I. The lowest BCUT2D eigenvalue weighted by atomic mass is 10.1. The molecule has 0 saturated carbocycles. The molecule has 1 unspecified atom stereocenters. The normalized spacial score (nSPS) is 15.6. The lowest BCUT2D eigenvalue weighted by molar-refractivity contribution is 0.545. The van der Waals surface area contributed by atoms with Crippen molar-refractivity contribution in [1.29, 1.82) is 0 Å². The molecule has 1 atom stereocenters. The Balaban J connectivity index is 0.00000338. The Morgan fingerprint density at radius 2 is 2.04 bits per heavy atom. The predicted molar refractivity (Wildman–Crippen MR) is 119 cm³/mol. The summed E-state index contributed by atoms with van der Waals surface area (Å²) in [6.45, 7) is 6.47. The van der Waals surface area contributed by atoms with E-state index in [1.54, 1.807) is 0 Å². The Bertz CT molecular complexity index is 528. The number of nitrogens with one attached hydrogen (secondary N) is 2. The molecule has 0 aromatic carbocycles. The molecule has 1 aromatic heterocycles. The Labute approximate surface area is 176 Å². The van der Waals surface area contributed by atoms with E-state index >= 15 is 0 Å². The van der Waals surface area contributed by atoms with E-state index in [1.165, 1.54) is 50.8 Å². The van der Waals surface area contributed by atoms with Gasteiger partial charge in [-0.15, -0.1) is 34.2 Å². The summed E-state index contributed by atoms with van der Waals surface area (Å²) in [5, 5.41) is 15.7. The van der Waals surface area contributed by atoms with E-state index in [0.29, 0.717) is 6.04 Å². The molecule has 0 amide bonds. The van der Waals surface area contributed by atoms with Crippen molar-refractivity contribution in [2.24, 2.45) is 4.99 Å². The van der Waals surface area contributed by atoms with Gasteiger partial charge in [-0.2, -0.15) is 0 Å². The maximum Gasteiger partial charge on any atom is 0.191 e. The number of hydrogen-bond acceptors (Lipinski definition) is 3. The number of aryl methyl sites for hydroxylation is 2. The van der Waals surface area contributed by atoms with Gasteiger partial charge in [0.2, 0.25) is 0 Å². The van der Waals surface area contributed by atoms with Gasteiger partial charge in [-0.05, 0) is 32.6 Å². The molecule has 26 heavy (non-hydrogen) atoms. The van der Waals surface area contributed by atoms with Gasteiger partial charge in [0, 0.05) is 39.0 Å². The quantitative estimate of drug-likeness (QED) is 0.247. The van der Waals surface area contributed by atoms with Crippen molar-refractivity contribution in [3.63, 3.8) is 0 Å². The van der Waals surface area contributed by atoms with E-state index < -0.39 is 0 Å². The fourth-order valence-electron chi connectivity index (χ4n) is 3.38. The lowest BCUT2D eigenvalue weighted by Gasteiger charge is -2.17. The van der Waals surface area contributed by atoms with Crippen molar-refractivity contribution in [3.8, 4) is 0 Å². The highest BCUT2D eigenvalue weighted by Crippen LogP contribution is 2.15. The van der Waals surface area contributed by atoms with E-state index in [0.717, 1.165) is 44.1 Å². The lowest BCUT2D eigenvalue weighted by Crippen LogP contribution is -2.42. The number of guanidine groups is 1. The molecule has 2 rings (SSSR count). The zero-order chi connectivity index (χ0) is 17.9. The maximum absolute atomic E-state index is 4.41. The molecule has 6 nitrogen and oxygen atoms in total. The number of halogens is 1. The van der Waals surface area contributed by atoms with Gasteiger partial charge in [0.15, 0.2) is 5.96 Å². The fraction of sp³-hybridized carbons (Fsp3) is 0.842. The Hall–Kier alpha value is -0.860. The minimum atomic E-state index is 0. The van der Waals surface area contributed by atoms with Crippen LogP contribution in [0, 0.1) is 0 Å². The monoisotopic (exact) mass is 476 g/mol. The first-order valence-electron chi connectivity index (χ1n) is 10.1. The van der Waals surface area contributed by atoms with Crippen LogP contribution in [0.4, 0.5) is 0 Å². The molecule has 150 valence electrons. The van der Waals surface area contributed by atoms with Crippen LogP contribution in [0.25, 0.3) is 0 Å². The highest BCUT2D eigenvalue weighted by molar-refractivity contribution is 14.0. The molecular weight excluding hydrogens is 439 g/mol. The van der Waals surface area contributed by atoms with Gasteiger partial charge < -0.3 is 15.2 Å². The van der Waals surface area contributed by atoms with Crippen molar-refractivity contribution < 1.29 is 0 Å². The minimum absolute atomic E-state index is 0. The second-order valence-corrected chi connectivity index (χ2v) is 7.14. The van der Waals surface area contributed by atoms with E-state index in [4.69, 9.17) is 0 Å². The van der Waals surface area contributed by atoms with Crippen LogP contribution >= 0.6 is 24.0 Å². The second-order valence-electron chi connectivity index (χ2n) is 7.14. The number of rotatable bonds is 9. The standard InChI is InChI=1S/C19H36N6.HI/c1-4-5-7-11-16(2)22-19(20-3)21-14-10-13-18-24-23-17-12-8-6-9-15-25(17)18;/h16H,4-15H2,1-3H3,(H2,20,21,22);1H. The number of aromatic nitrogens is 3. The largest absolute Gasteiger partial charge is 0.356 e. The second kappa shape index (κ2) is 13.3. The minimum Gasteiger partial charge on any atom is -0.356 e. The number of hydrogen-bond donors (Lipinski definition) is 2. The highest BCUT2D eigenvalue weighted by Gasteiger charge is 2.14. The molecule has 0 saturated heterocycles. The summed E-state index contributed by atoms with van der Waals surface area (Å²) in [6.07, 6.45) is 12.0. The summed E-state index contributed by atoms with van der Waals surface area (Å²) in [4.78, 5) is 4.33. The number of unbranched alkanes of at least 4 members (excludes halogenated alkanes) is 2. The predicted octanol–water partition coefficient (Wildman–Crippen LogP) is 3.69. The highest BCUT2D eigenvalue weighted by atomic mass is 127. The summed E-state index contributed by atoms with van der Waals surface area (Å²) in [6, 6.07) is 0.463. The number of aliphatic imine (C=N–C) groups is 1. The van der Waals surface area contributed by atoms with E-state index in [-0.39, 0.29) is 24.0 Å². The van der Waals surface area contributed by atoms with Crippen molar-refractivity contribution in [2.45, 2.75) is 90.6 Å². The van der Waals surface area contributed by atoms with Crippen LogP contribution in [0.5, 0.6) is 0 Å². The summed E-state index contributed by atoms with van der Waals surface area (Å²) in [7, 11) is 1.84. The first-order chi connectivity index (χ1) is 12.2. The molecular formula is C19H37IN6. The van der Waals surface area contributed by atoms with E-state index in [9.17, 15) is 0 Å². The third-order valence-electron chi connectivity index (χ3n) is 4.90. The fourth-order valence-corrected chi connectivity index (χ4v) is 3.38. The van der Waals surface area contributed by atoms with Crippen molar-refractivity contribution in [2.75, 3.05) is 13.6 Å². The first kappa shape index (κ1) is 23.2. The van der Waals surface area contributed by atoms with Crippen LogP contribution in [0.2, 0.25) is 0 Å². The van der Waals surface area contributed by atoms with Crippen molar-refractivity contribution in [3.05, 3.63) is 11.6 Å². The molecule has 0 radical (unpaired) electrons. The van der Waals surface area contributed by atoms with Crippen molar-refractivity contribution >= 4 is 29.9 Å². The summed E-state index contributed by atoms with van der Waals surface area (Å²) >= 11 is 0. The zero-order valence-corrected chi connectivity index (χ0v) is 19.1. The van der Waals surface area contributed by atoms with Crippen LogP contribution in [0.15, 0.2) is 4.99 Å². The molecule has 0 fully saturated rings. The molecule has 7 heteroatoms. The Morgan fingerprint density at radius 3 is 2.81 bits per heavy atom. The molecule has 1 aromatic rings. The first-order valence-corrected chi connectivity index (χ1v) is 10.1. The van der Waals surface area contributed by atoms with Gasteiger partial charge in [-0.3, -0.25) is 4.99 Å². The summed E-state index contributed by atoms with van der Waals surface area (Å²) in [5.74, 6) is 3.23. The van der Waals surface area contributed by atoms with Crippen LogP contribution in [0.3, 0.4) is 0 Å². The zero-order valence-electron chi connectivity index (χ0n) is 16.8. The molecule has 1 aliphatic rings. The molecule has 0 spiro atoms. The average molecular weight is 476 g/mol. The maximum atomic E-state index is 4.41. The van der Waals surface area contributed by atoms with Gasteiger partial charge >= 0.3 is 0 Å². The Kier molecular flexibility index (Phi) is 11.9. The molecule has 0 aliphatic carbocycles. The third kappa shape index (κ3) is 7.80. The van der Waals surface area contributed by atoms with Gasteiger partial charge in [-0.25, -0.2) is 0 Å². The summed E-state index contributed by atoms with van der Waals surface area (Å²) < 4.78 is 2.34. The van der Waals surface area contributed by atoms with Crippen molar-refractivity contribution in [1.82, 2.24) is 25.4 Å². The smallest absolute Gasteiger partial charge is 0.191 e. The third-order valence-corrected chi connectivity index (χ3v) is 4.90. The average Bonchev–Trinajstić information content (AvgIpc) is 2.84. The Morgan fingerprint density at radius 1 is 1.19 bits per heavy atom. The number of fused-ring (bicyclic) bond motifs is 1. The molecule has 2 N–H and O–H groups in total. The van der Waals surface area contributed by atoms with Crippen LogP contribution in [-0.2, 0) is 19.4 Å². The van der Waals surface area contributed by atoms with E-state index in [1.807, 2.05) is 7.05 Å². The summed E-state index contributed by atoms with van der Waals surface area (Å²) in [5.41, 5.74) is 0. The number of nitrogens with zero attached hydrogens (tertiary/aromatic N) is 4. The van der Waals surface area contributed by atoms with Gasteiger partial charge in [-0.1, -0.05) is 32.6 Å². The molecule has 2 heterocycles. The van der Waals surface area contributed by atoms with Crippen LogP contribution in [0.1, 0.15) is 76.9 Å². The van der Waals surface area contributed by atoms with E-state index in [2.05, 4.69) is 44.2 Å². The topological polar surface area (TPSA) is 67.1 Å². The van der Waals surface area contributed by atoms with Gasteiger partial charge in [0.1, 0.15) is 11.6 Å². The van der Waals surface area contributed by atoms with Crippen LogP contribution < -0.4 is 10.6 Å². The van der Waals surface area contributed by atoms with Gasteiger partial charge in [0.05, 0.1) is 0 Å². The van der Waals surface area contributed by atoms with Gasteiger partial charge in [0.25, 0.3) is 0 Å².